The zero-order valence-corrected chi connectivity index (χ0v) is 11.6. The first-order chi connectivity index (χ1) is 9.43. The van der Waals surface area contributed by atoms with Gasteiger partial charge in [0.25, 0.3) is 0 Å². The van der Waals surface area contributed by atoms with Crippen molar-refractivity contribution in [2.75, 3.05) is 5.32 Å². The fourth-order valence-electron chi connectivity index (χ4n) is 1.66. The number of unbranched alkanes of at least 4 members (excludes halogenated alkanes) is 1. The second kappa shape index (κ2) is 7.47. The molecule has 0 saturated heterocycles. The zero-order chi connectivity index (χ0) is 15.1. The Kier molecular flexibility index (Phi) is 5.96. The highest BCUT2D eigenvalue weighted by atomic mass is 19.1. The van der Waals surface area contributed by atoms with Gasteiger partial charge in [-0.05, 0) is 31.0 Å². The second-order valence-electron chi connectivity index (χ2n) is 4.60. The lowest BCUT2D eigenvalue weighted by atomic mass is 10.1. The summed E-state index contributed by atoms with van der Waals surface area (Å²) < 4.78 is 13.3. The number of hydrogen-bond donors (Lipinski definition) is 3. The van der Waals surface area contributed by atoms with E-state index < -0.39 is 23.9 Å². The average Bonchev–Trinajstić information content (AvgIpc) is 2.38. The van der Waals surface area contributed by atoms with Crippen molar-refractivity contribution in [3.8, 4) is 0 Å². The second-order valence-corrected chi connectivity index (χ2v) is 4.60. The van der Waals surface area contributed by atoms with Crippen molar-refractivity contribution >= 4 is 17.7 Å². The maximum atomic E-state index is 13.3. The Balaban J connectivity index is 2.60. The fraction of sp³-hybridized carbons (Fsp3) is 0.429. The molecular weight excluding hydrogens is 263 g/mol. The number of amides is 2. The van der Waals surface area contributed by atoms with E-state index in [0.29, 0.717) is 18.4 Å². The minimum atomic E-state index is -1.08. The predicted octanol–water partition coefficient (Wildman–Crippen LogP) is 2.90. The Hall–Kier alpha value is -2.11. The van der Waals surface area contributed by atoms with Gasteiger partial charge in [0.1, 0.15) is 11.9 Å². The van der Waals surface area contributed by atoms with Gasteiger partial charge in [-0.1, -0.05) is 25.8 Å². The highest BCUT2D eigenvalue weighted by Crippen LogP contribution is 2.13. The van der Waals surface area contributed by atoms with E-state index in [1.165, 1.54) is 12.1 Å². The number of aryl methyl sites for hydroxylation is 1. The molecule has 0 spiro atoms. The van der Waals surface area contributed by atoms with E-state index in [9.17, 15) is 14.0 Å². The van der Waals surface area contributed by atoms with Crippen LogP contribution in [-0.4, -0.2) is 23.1 Å². The number of aliphatic carboxylic acids is 1. The van der Waals surface area contributed by atoms with E-state index in [1.807, 2.05) is 6.92 Å². The van der Waals surface area contributed by atoms with Gasteiger partial charge in [-0.25, -0.2) is 14.0 Å². The summed E-state index contributed by atoms with van der Waals surface area (Å²) >= 11 is 0. The zero-order valence-electron chi connectivity index (χ0n) is 11.6. The lowest BCUT2D eigenvalue weighted by Crippen LogP contribution is -2.42. The van der Waals surface area contributed by atoms with Gasteiger partial charge in [-0.15, -0.1) is 0 Å². The van der Waals surface area contributed by atoms with Crippen LogP contribution in [0.1, 0.15) is 31.7 Å². The number of nitrogens with one attached hydrogen (secondary N) is 2. The maximum Gasteiger partial charge on any atom is 0.326 e. The van der Waals surface area contributed by atoms with Crippen molar-refractivity contribution in [1.82, 2.24) is 5.32 Å². The van der Waals surface area contributed by atoms with Gasteiger partial charge in [-0.2, -0.15) is 0 Å². The molecular formula is C14H19FN2O3. The molecule has 5 nitrogen and oxygen atoms in total. The van der Waals surface area contributed by atoms with Gasteiger partial charge in [-0.3, -0.25) is 0 Å². The Bertz CT molecular complexity index is 491. The van der Waals surface area contributed by atoms with Crippen molar-refractivity contribution in [1.29, 1.82) is 0 Å². The molecule has 0 radical (unpaired) electrons. The van der Waals surface area contributed by atoms with E-state index in [-0.39, 0.29) is 5.69 Å². The molecule has 1 aromatic carbocycles. The molecule has 3 N–H and O–H groups in total. The van der Waals surface area contributed by atoms with Crippen LogP contribution in [-0.2, 0) is 4.79 Å². The van der Waals surface area contributed by atoms with Gasteiger partial charge in [0.05, 0.1) is 0 Å². The predicted molar refractivity (Wildman–Crippen MR) is 74.2 cm³/mol. The van der Waals surface area contributed by atoms with Gasteiger partial charge >= 0.3 is 12.0 Å². The quantitative estimate of drug-likeness (QED) is 0.750. The molecule has 20 heavy (non-hydrogen) atoms. The summed E-state index contributed by atoms with van der Waals surface area (Å²) in [6, 6.07) is 2.69. The normalized spacial score (nSPS) is 11.8. The van der Waals surface area contributed by atoms with Gasteiger partial charge < -0.3 is 15.7 Å². The summed E-state index contributed by atoms with van der Waals surface area (Å²) in [6.07, 6.45) is 1.91. The number of benzene rings is 1. The van der Waals surface area contributed by atoms with Crippen LogP contribution in [0, 0.1) is 12.7 Å². The lowest BCUT2D eigenvalue weighted by Gasteiger charge is -2.15. The van der Waals surface area contributed by atoms with Gasteiger partial charge in [0.15, 0.2) is 0 Å². The first kappa shape index (κ1) is 15.9. The molecule has 0 aliphatic rings. The number of carboxylic acid groups (broad SMARTS) is 1. The van der Waals surface area contributed by atoms with Crippen LogP contribution in [0.4, 0.5) is 14.9 Å². The topological polar surface area (TPSA) is 78.4 Å². The van der Waals surface area contributed by atoms with Crippen molar-refractivity contribution in [3.63, 3.8) is 0 Å². The lowest BCUT2D eigenvalue weighted by molar-refractivity contribution is -0.139. The van der Waals surface area contributed by atoms with Crippen molar-refractivity contribution < 1.29 is 19.1 Å². The summed E-state index contributed by atoms with van der Waals surface area (Å²) in [5.74, 6) is -1.51. The highest BCUT2D eigenvalue weighted by Gasteiger charge is 2.19. The Labute approximate surface area is 117 Å². The van der Waals surface area contributed by atoms with Crippen LogP contribution in [0.5, 0.6) is 0 Å². The smallest absolute Gasteiger partial charge is 0.326 e. The fourth-order valence-corrected chi connectivity index (χ4v) is 1.66. The van der Waals surface area contributed by atoms with E-state index in [1.54, 1.807) is 13.0 Å². The van der Waals surface area contributed by atoms with Crippen LogP contribution >= 0.6 is 0 Å². The molecule has 1 unspecified atom stereocenters. The number of hydrogen-bond acceptors (Lipinski definition) is 2. The van der Waals surface area contributed by atoms with Gasteiger partial charge in [0, 0.05) is 5.69 Å². The molecule has 0 aliphatic carbocycles. The van der Waals surface area contributed by atoms with Crippen molar-refractivity contribution in [2.45, 2.75) is 39.2 Å². The van der Waals surface area contributed by atoms with Crippen LogP contribution in [0.2, 0.25) is 0 Å². The number of halogens is 1. The summed E-state index contributed by atoms with van der Waals surface area (Å²) in [5.41, 5.74) is 0.757. The molecule has 1 atom stereocenters. The maximum absolute atomic E-state index is 13.3. The molecule has 0 aliphatic heterocycles. The minimum absolute atomic E-state index is 0.283. The van der Waals surface area contributed by atoms with E-state index in [4.69, 9.17) is 5.11 Å². The first-order valence-corrected chi connectivity index (χ1v) is 6.50. The van der Waals surface area contributed by atoms with Crippen LogP contribution in [0.25, 0.3) is 0 Å². The number of anilines is 1. The van der Waals surface area contributed by atoms with E-state index in [2.05, 4.69) is 10.6 Å². The van der Waals surface area contributed by atoms with E-state index in [0.717, 1.165) is 6.42 Å². The monoisotopic (exact) mass is 282 g/mol. The Morgan fingerprint density at radius 2 is 2.10 bits per heavy atom. The summed E-state index contributed by atoms with van der Waals surface area (Å²) in [7, 11) is 0. The third kappa shape index (κ3) is 4.87. The molecule has 6 heteroatoms. The minimum Gasteiger partial charge on any atom is -0.480 e. The van der Waals surface area contributed by atoms with Crippen molar-refractivity contribution in [3.05, 3.63) is 29.6 Å². The Morgan fingerprint density at radius 1 is 1.40 bits per heavy atom. The molecule has 0 saturated carbocycles. The third-order valence-electron chi connectivity index (χ3n) is 2.88. The van der Waals surface area contributed by atoms with E-state index >= 15 is 0 Å². The Morgan fingerprint density at radius 3 is 2.65 bits per heavy atom. The number of carboxylic acids is 1. The summed E-state index contributed by atoms with van der Waals surface area (Å²) in [6.45, 7) is 3.55. The van der Waals surface area contributed by atoms with Crippen LogP contribution in [0.3, 0.4) is 0 Å². The molecule has 1 aromatic rings. The van der Waals surface area contributed by atoms with Gasteiger partial charge in [0.2, 0.25) is 0 Å². The summed E-state index contributed by atoms with van der Waals surface area (Å²) in [4.78, 5) is 22.7. The SMILES string of the molecule is CCCCC(NC(=O)Nc1ccc(C)c(F)c1)C(=O)O. The number of carbonyl (C=O) groups is 2. The molecule has 0 heterocycles. The number of rotatable bonds is 6. The first-order valence-electron chi connectivity index (χ1n) is 6.50. The third-order valence-corrected chi connectivity index (χ3v) is 2.88. The molecule has 110 valence electrons. The highest BCUT2D eigenvalue weighted by molar-refractivity contribution is 5.92. The molecule has 2 amide bonds. The van der Waals surface area contributed by atoms with Crippen molar-refractivity contribution in [2.24, 2.45) is 0 Å². The largest absolute Gasteiger partial charge is 0.480 e. The number of urea groups is 1. The number of carbonyl (C=O) groups excluding carboxylic acids is 1. The molecule has 0 bridgehead atoms. The summed E-state index contributed by atoms with van der Waals surface area (Å²) in [5, 5.41) is 13.8. The standard InChI is InChI=1S/C14H19FN2O3/c1-3-4-5-12(13(18)19)17-14(20)16-10-7-6-9(2)11(15)8-10/h6-8,12H,3-5H2,1-2H3,(H,18,19)(H2,16,17,20). The molecule has 1 rings (SSSR count). The molecule has 0 aromatic heterocycles. The van der Waals surface area contributed by atoms with Crippen LogP contribution < -0.4 is 10.6 Å². The molecule has 0 fully saturated rings. The van der Waals surface area contributed by atoms with Crippen LogP contribution in [0.15, 0.2) is 18.2 Å². The average molecular weight is 282 g/mol.